The van der Waals surface area contributed by atoms with Crippen molar-refractivity contribution in [2.24, 2.45) is 0 Å². The number of nitrogens with zero attached hydrogens (tertiary/aromatic N) is 1. The van der Waals surface area contributed by atoms with Gasteiger partial charge in [0, 0.05) is 30.7 Å². The maximum Gasteiger partial charge on any atom is 0.305 e. The van der Waals surface area contributed by atoms with E-state index < -0.39 is 10.8 Å². The van der Waals surface area contributed by atoms with Crippen LogP contribution in [0.4, 0.5) is 5.69 Å². The fourth-order valence-corrected chi connectivity index (χ4v) is 1.53. The number of nitrogens with one attached hydrogen (secondary N) is 1. The summed E-state index contributed by atoms with van der Waals surface area (Å²) in [5.41, 5.74) is 0.0829. The van der Waals surface area contributed by atoms with E-state index in [0.717, 1.165) is 0 Å². The minimum absolute atomic E-state index is 0.135. The minimum Gasteiger partial charge on any atom is -0.466 e. The van der Waals surface area contributed by atoms with Crippen LogP contribution in [-0.2, 0) is 9.53 Å². The number of hydrogen-bond acceptors (Lipinski definition) is 5. The lowest BCUT2D eigenvalue weighted by atomic mass is 10.2. The van der Waals surface area contributed by atoms with Gasteiger partial charge >= 0.3 is 5.97 Å². The number of benzene rings is 1. The van der Waals surface area contributed by atoms with Crippen LogP contribution in [0.5, 0.6) is 0 Å². The van der Waals surface area contributed by atoms with Crippen LogP contribution >= 0.6 is 0 Å². The van der Waals surface area contributed by atoms with Gasteiger partial charge in [0.2, 0.25) is 0 Å². The van der Waals surface area contributed by atoms with Crippen LogP contribution < -0.4 is 5.32 Å². The number of nitro groups is 1. The Morgan fingerprint density at radius 1 is 1.40 bits per heavy atom. The lowest BCUT2D eigenvalue weighted by Crippen LogP contribution is -2.25. The van der Waals surface area contributed by atoms with Gasteiger partial charge in [0.25, 0.3) is 11.6 Å². The Hall–Kier alpha value is -2.44. The predicted molar refractivity (Wildman–Crippen MR) is 71.3 cm³/mol. The molecule has 0 fully saturated rings. The largest absolute Gasteiger partial charge is 0.466 e. The fraction of sp³-hybridized carbons (Fsp3) is 0.385. The van der Waals surface area contributed by atoms with Crippen molar-refractivity contribution in [3.63, 3.8) is 0 Å². The molecule has 0 heterocycles. The van der Waals surface area contributed by atoms with Crippen molar-refractivity contribution in [2.75, 3.05) is 13.2 Å². The highest BCUT2D eigenvalue weighted by atomic mass is 16.6. The van der Waals surface area contributed by atoms with Crippen molar-refractivity contribution in [3.05, 3.63) is 39.9 Å². The zero-order valence-electron chi connectivity index (χ0n) is 11.1. The lowest BCUT2D eigenvalue weighted by molar-refractivity contribution is -0.384. The van der Waals surface area contributed by atoms with Crippen LogP contribution in [0.25, 0.3) is 0 Å². The molecule has 1 aromatic rings. The average molecular weight is 280 g/mol. The highest BCUT2D eigenvalue weighted by molar-refractivity contribution is 5.94. The van der Waals surface area contributed by atoms with Gasteiger partial charge in [-0.25, -0.2) is 0 Å². The Balaban J connectivity index is 2.41. The van der Waals surface area contributed by atoms with E-state index in [0.29, 0.717) is 19.6 Å². The first kappa shape index (κ1) is 15.6. The quantitative estimate of drug-likeness (QED) is 0.354. The summed E-state index contributed by atoms with van der Waals surface area (Å²) in [5, 5.41) is 13.2. The molecule has 20 heavy (non-hydrogen) atoms. The fourth-order valence-electron chi connectivity index (χ4n) is 1.53. The maximum atomic E-state index is 11.7. The zero-order chi connectivity index (χ0) is 15.0. The highest BCUT2D eigenvalue weighted by Gasteiger charge is 2.11. The van der Waals surface area contributed by atoms with E-state index in [4.69, 9.17) is 4.74 Å². The zero-order valence-corrected chi connectivity index (χ0v) is 11.1. The Labute approximate surface area is 116 Å². The summed E-state index contributed by atoms with van der Waals surface area (Å²) in [5.74, 6) is -0.713. The molecule has 0 unspecified atom stereocenters. The van der Waals surface area contributed by atoms with Crippen LogP contribution in [0, 0.1) is 10.1 Å². The molecule has 0 saturated carbocycles. The second-order valence-corrected chi connectivity index (χ2v) is 3.97. The van der Waals surface area contributed by atoms with E-state index >= 15 is 0 Å². The Morgan fingerprint density at radius 3 is 2.80 bits per heavy atom. The summed E-state index contributed by atoms with van der Waals surface area (Å²) in [6, 6.07) is 5.47. The molecule has 108 valence electrons. The summed E-state index contributed by atoms with van der Waals surface area (Å²) in [6.45, 7) is 2.36. The van der Waals surface area contributed by atoms with E-state index in [1.54, 1.807) is 6.92 Å². The van der Waals surface area contributed by atoms with E-state index in [1.807, 2.05) is 0 Å². The van der Waals surface area contributed by atoms with E-state index in [9.17, 15) is 19.7 Å². The molecule has 1 N–H and O–H groups in total. The second-order valence-electron chi connectivity index (χ2n) is 3.97. The number of non-ortho nitro benzene ring substituents is 1. The second kappa shape index (κ2) is 7.88. The van der Waals surface area contributed by atoms with Crippen LogP contribution in [0.15, 0.2) is 24.3 Å². The summed E-state index contributed by atoms with van der Waals surface area (Å²) >= 11 is 0. The molecule has 0 aromatic heterocycles. The van der Waals surface area contributed by atoms with Gasteiger partial charge in [-0.15, -0.1) is 0 Å². The normalized spacial score (nSPS) is 9.85. The number of ether oxygens (including phenoxy) is 1. The number of nitro benzene ring substituents is 1. The molecule has 7 nitrogen and oxygen atoms in total. The topological polar surface area (TPSA) is 98.5 Å². The van der Waals surface area contributed by atoms with Crippen LogP contribution in [0.2, 0.25) is 0 Å². The van der Waals surface area contributed by atoms with Gasteiger partial charge in [-0.05, 0) is 19.4 Å². The molecular weight excluding hydrogens is 264 g/mol. The summed E-state index contributed by atoms with van der Waals surface area (Å²) in [6.07, 6.45) is 0.683. The molecule has 0 spiro atoms. The van der Waals surface area contributed by atoms with Crippen molar-refractivity contribution in [1.29, 1.82) is 0 Å². The third kappa shape index (κ3) is 5.05. The molecule has 0 aliphatic heterocycles. The first-order valence-electron chi connectivity index (χ1n) is 6.23. The monoisotopic (exact) mass is 280 g/mol. The van der Waals surface area contributed by atoms with Gasteiger partial charge < -0.3 is 10.1 Å². The third-order valence-electron chi connectivity index (χ3n) is 2.47. The van der Waals surface area contributed by atoms with Crippen LogP contribution in [0.3, 0.4) is 0 Å². The van der Waals surface area contributed by atoms with Crippen molar-refractivity contribution in [3.8, 4) is 0 Å². The maximum absolute atomic E-state index is 11.7. The van der Waals surface area contributed by atoms with Crippen LogP contribution in [-0.4, -0.2) is 30.0 Å². The van der Waals surface area contributed by atoms with Gasteiger partial charge in [-0.3, -0.25) is 19.7 Å². The number of rotatable bonds is 7. The number of hydrogen-bond donors (Lipinski definition) is 1. The smallest absolute Gasteiger partial charge is 0.305 e. The Kier molecular flexibility index (Phi) is 6.15. The number of amides is 1. The first-order chi connectivity index (χ1) is 9.54. The summed E-state index contributed by atoms with van der Waals surface area (Å²) < 4.78 is 4.75. The predicted octanol–water partition coefficient (Wildman–Crippen LogP) is 1.67. The van der Waals surface area contributed by atoms with Crippen LogP contribution in [0.1, 0.15) is 30.1 Å². The molecule has 0 radical (unpaired) electrons. The van der Waals surface area contributed by atoms with Crippen molar-refractivity contribution in [2.45, 2.75) is 19.8 Å². The lowest BCUT2D eigenvalue weighted by Gasteiger charge is -2.05. The van der Waals surface area contributed by atoms with E-state index in [1.165, 1.54) is 24.3 Å². The van der Waals surface area contributed by atoms with Crippen molar-refractivity contribution in [1.82, 2.24) is 5.32 Å². The third-order valence-corrected chi connectivity index (χ3v) is 2.47. The molecule has 1 amide bonds. The minimum atomic E-state index is -0.558. The van der Waals surface area contributed by atoms with Crippen molar-refractivity contribution < 1.29 is 19.2 Å². The number of carbonyl (C=O) groups excluding carboxylic acids is 2. The van der Waals surface area contributed by atoms with E-state index in [-0.39, 0.29) is 23.6 Å². The molecule has 1 aromatic carbocycles. The molecule has 0 atom stereocenters. The molecular formula is C13H16N2O5. The summed E-state index contributed by atoms with van der Waals surface area (Å²) in [7, 11) is 0. The van der Waals surface area contributed by atoms with Gasteiger partial charge in [-0.1, -0.05) is 6.07 Å². The summed E-state index contributed by atoms with van der Waals surface area (Å²) in [4.78, 5) is 32.8. The molecule has 0 aliphatic rings. The molecule has 0 aliphatic carbocycles. The van der Waals surface area contributed by atoms with E-state index in [2.05, 4.69) is 5.32 Å². The highest BCUT2D eigenvalue weighted by Crippen LogP contribution is 2.12. The average Bonchev–Trinajstić information content (AvgIpc) is 2.43. The van der Waals surface area contributed by atoms with Crippen molar-refractivity contribution >= 4 is 17.6 Å². The van der Waals surface area contributed by atoms with Gasteiger partial charge in [0.15, 0.2) is 0 Å². The molecule has 1 rings (SSSR count). The van der Waals surface area contributed by atoms with Gasteiger partial charge in [0.1, 0.15) is 0 Å². The Morgan fingerprint density at radius 2 is 2.15 bits per heavy atom. The number of esters is 1. The molecule has 0 bridgehead atoms. The van der Waals surface area contributed by atoms with Gasteiger partial charge in [0.05, 0.1) is 11.5 Å². The number of carbonyl (C=O) groups is 2. The Bertz CT molecular complexity index is 501. The van der Waals surface area contributed by atoms with Gasteiger partial charge in [-0.2, -0.15) is 0 Å². The molecule has 7 heteroatoms. The SMILES string of the molecule is CCOC(=O)CCCNC(=O)c1cccc([N+](=O)[O-])c1. The first-order valence-corrected chi connectivity index (χ1v) is 6.23. The molecule has 0 saturated heterocycles. The standard InChI is InChI=1S/C13H16N2O5/c1-2-20-12(16)7-4-8-14-13(17)10-5-3-6-11(9-10)15(18)19/h3,5-6,9H,2,4,7-8H2,1H3,(H,14,17).